The van der Waals surface area contributed by atoms with Crippen molar-refractivity contribution in [3.05, 3.63) is 66.2 Å². The Bertz CT molecular complexity index is 1330. The lowest BCUT2D eigenvalue weighted by Gasteiger charge is -2.42. The van der Waals surface area contributed by atoms with Crippen molar-refractivity contribution in [3.8, 4) is 0 Å². The lowest BCUT2D eigenvalue weighted by molar-refractivity contribution is -0.133. The summed E-state index contributed by atoms with van der Waals surface area (Å²) in [7, 11) is 0. The number of nitrogens with zero attached hydrogens (tertiary/aromatic N) is 1. The minimum atomic E-state index is -0.921. The van der Waals surface area contributed by atoms with Gasteiger partial charge in [0.2, 0.25) is 17.7 Å². The average Bonchev–Trinajstić information content (AvgIpc) is 3.07. The molecule has 0 unspecified atom stereocenters. The number of β-amino-alcohol motifs (C(OH)–C–C–N with tert-alkyl or cyclic N) is 1. The highest BCUT2D eigenvalue weighted by Crippen LogP contribution is 2.29. The van der Waals surface area contributed by atoms with Crippen LogP contribution in [0.25, 0.3) is 0 Å². The molecule has 2 aromatic rings. The van der Waals surface area contributed by atoms with E-state index in [9.17, 15) is 19.5 Å². The molecule has 0 bridgehead atoms. The fraction of sp³-hybridized carbons (Fsp3) is 0.634. The van der Waals surface area contributed by atoms with E-state index < -0.39 is 23.6 Å². The molecule has 9 nitrogen and oxygen atoms in total. The second kappa shape index (κ2) is 20.9. The number of rotatable bonds is 19. The Morgan fingerprint density at radius 2 is 1.61 bits per heavy atom. The molecule has 0 spiro atoms. The van der Waals surface area contributed by atoms with E-state index in [0.717, 1.165) is 29.7 Å². The molecule has 0 aromatic heterocycles. The van der Waals surface area contributed by atoms with Gasteiger partial charge in [0.25, 0.3) is 0 Å². The molecule has 1 fully saturated rings. The van der Waals surface area contributed by atoms with Gasteiger partial charge in [-0.3, -0.25) is 19.3 Å². The maximum absolute atomic E-state index is 14.0. The first-order valence-corrected chi connectivity index (χ1v) is 19.9. The minimum Gasteiger partial charge on any atom is -0.390 e. The van der Waals surface area contributed by atoms with E-state index in [2.05, 4.69) is 45.2 Å². The molecule has 1 saturated heterocycles. The summed E-state index contributed by atoms with van der Waals surface area (Å²) < 4.78 is 0. The summed E-state index contributed by atoms with van der Waals surface area (Å²) in [5, 5.41) is 24.3. The van der Waals surface area contributed by atoms with Crippen LogP contribution in [0.1, 0.15) is 99.0 Å². The number of carbonyl (C=O) groups excluding carboxylic acids is 3. The van der Waals surface area contributed by atoms with Crippen LogP contribution in [0.4, 0.5) is 0 Å². The van der Waals surface area contributed by atoms with E-state index in [1.165, 1.54) is 19.3 Å². The van der Waals surface area contributed by atoms with Gasteiger partial charge in [0.05, 0.1) is 24.7 Å². The average molecular weight is 724 g/mol. The predicted molar refractivity (Wildman–Crippen MR) is 209 cm³/mol. The van der Waals surface area contributed by atoms with Gasteiger partial charge in [0.1, 0.15) is 6.04 Å². The lowest BCUT2D eigenvalue weighted by atomic mass is 9.85. The van der Waals surface area contributed by atoms with Crippen molar-refractivity contribution < 1.29 is 19.5 Å². The number of unbranched alkanes of at least 4 members (excludes halogenated alkanes) is 2. The third kappa shape index (κ3) is 15.7. The van der Waals surface area contributed by atoms with Gasteiger partial charge in [0, 0.05) is 29.3 Å². The Morgan fingerprint density at radius 1 is 0.941 bits per heavy atom. The van der Waals surface area contributed by atoms with Gasteiger partial charge in [-0.15, -0.1) is 11.8 Å². The summed E-state index contributed by atoms with van der Waals surface area (Å²) in [6.45, 7) is 15.5. The number of likely N-dealkylation sites (tertiary alicyclic amines) is 1. The van der Waals surface area contributed by atoms with Crippen molar-refractivity contribution in [3.63, 3.8) is 0 Å². The first kappa shape index (κ1) is 42.5. The highest BCUT2D eigenvalue weighted by molar-refractivity contribution is 7.99. The smallest absolute Gasteiger partial charge is 0.243 e. The number of piperidine rings is 1. The van der Waals surface area contributed by atoms with Crippen LogP contribution in [0.5, 0.6) is 0 Å². The van der Waals surface area contributed by atoms with Gasteiger partial charge in [-0.1, -0.05) is 102 Å². The topological polar surface area (TPSA) is 123 Å². The largest absolute Gasteiger partial charge is 0.390 e. The van der Waals surface area contributed by atoms with E-state index in [4.69, 9.17) is 0 Å². The molecule has 3 amide bonds. The predicted octanol–water partition coefficient (Wildman–Crippen LogP) is 5.91. The number of nitrogens with one attached hydrogen (secondary N) is 4. The minimum absolute atomic E-state index is 0.00788. The number of aliphatic hydroxyl groups is 1. The lowest BCUT2D eigenvalue weighted by Crippen LogP contribution is -2.60. The highest BCUT2D eigenvalue weighted by atomic mass is 32.2. The summed E-state index contributed by atoms with van der Waals surface area (Å²) in [4.78, 5) is 44.0. The Morgan fingerprint density at radius 3 is 2.24 bits per heavy atom. The molecule has 1 heterocycles. The fourth-order valence-electron chi connectivity index (χ4n) is 6.59. The van der Waals surface area contributed by atoms with E-state index in [-0.39, 0.29) is 42.4 Å². The van der Waals surface area contributed by atoms with Crippen LogP contribution in [0, 0.1) is 11.3 Å². The SMILES string of the molecule is CCCCC[C@@H]1CCN(C[C@@H](O)[C@H](CCSc2ccccc2)NC(=O)[C@@H](NC(=O)CNCc2ccccc2)C(C)(C)C)[C@H](C(=O)NC(C)(C)C)C1. The molecule has 5 atom stereocenters. The van der Waals surface area contributed by atoms with Crippen molar-refractivity contribution in [2.24, 2.45) is 11.3 Å². The second-order valence-corrected chi connectivity index (χ2v) is 17.4. The van der Waals surface area contributed by atoms with Gasteiger partial charge in [-0.2, -0.15) is 0 Å². The van der Waals surface area contributed by atoms with Crippen LogP contribution in [0.15, 0.2) is 65.6 Å². The van der Waals surface area contributed by atoms with Gasteiger partial charge in [0.15, 0.2) is 0 Å². The van der Waals surface area contributed by atoms with Crippen LogP contribution >= 0.6 is 11.8 Å². The number of aliphatic hydroxyl groups excluding tert-OH is 1. The Balaban J connectivity index is 1.74. The van der Waals surface area contributed by atoms with E-state index in [1.54, 1.807) is 11.8 Å². The standard InChI is InChI=1S/C41H65N5O4S/c1-8-9-12-17-30-22-24-46(34(26-30)38(49)45-41(5,6)7)29-35(47)33(23-25-51-32-20-15-11-16-21-32)43-39(50)37(40(2,3)4)44-36(48)28-42-27-31-18-13-10-14-19-31/h10-11,13-16,18-21,30,33-35,37,42,47H,8-9,12,17,22-29H2,1-7H3,(H,43,50)(H,44,48)(H,45,49)/t30-,33+,34+,35-,37-/m1/s1. The third-order valence-corrected chi connectivity index (χ3v) is 10.4. The molecule has 3 rings (SSSR count). The number of hydrogen-bond donors (Lipinski definition) is 5. The van der Waals surface area contributed by atoms with Crippen molar-refractivity contribution in [1.29, 1.82) is 0 Å². The number of amides is 3. The molecule has 0 aliphatic carbocycles. The summed E-state index contributed by atoms with van der Waals surface area (Å²) in [6, 6.07) is 18.2. The maximum Gasteiger partial charge on any atom is 0.243 e. The monoisotopic (exact) mass is 723 g/mol. The molecule has 0 saturated carbocycles. The van der Waals surface area contributed by atoms with Gasteiger partial charge >= 0.3 is 0 Å². The van der Waals surface area contributed by atoms with Crippen LogP contribution in [-0.4, -0.2) is 82.9 Å². The molecule has 0 radical (unpaired) electrons. The molecular weight excluding hydrogens is 659 g/mol. The highest BCUT2D eigenvalue weighted by Gasteiger charge is 2.38. The third-order valence-electron chi connectivity index (χ3n) is 9.38. The van der Waals surface area contributed by atoms with E-state index in [0.29, 0.717) is 31.2 Å². The zero-order chi connectivity index (χ0) is 37.4. The molecule has 1 aliphatic rings. The summed E-state index contributed by atoms with van der Waals surface area (Å²) in [5.74, 6) is 0.537. The molecular formula is C41H65N5O4S. The Labute approximate surface area is 311 Å². The van der Waals surface area contributed by atoms with Gasteiger partial charge < -0.3 is 26.4 Å². The van der Waals surface area contributed by atoms with Crippen LogP contribution in [0.2, 0.25) is 0 Å². The fourth-order valence-corrected chi connectivity index (χ4v) is 7.55. The zero-order valence-electron chi connectivity index (χ0n) is 32.2. The molecule has 51 heavy (non-hydrogen) atoms. The number of thioether (sulfide) groups is 1. The molecule has 10 heteroatoms. The molecule has 1 aliphatic heterocycles. The maximum atomic E-state index is 14.0. The zero-order valence-corrected chi connectivity index (χ0v) is 33.0. The summed E-state index contributed by atoms with van der Waals surface area (Å²) >= 11 is 1.67. The van der Waals surface area contributed by atoms with E-state index >= 15 is 0 Å². The van der Waals surface area contributed by atoms with Crippen LogP contribution < -0.4 is 21.3 Å². The number of benzene rings is 2. The summed E-state index contributed by atoms with van der Waals surface area (Å²) in [5.41, 5.74) is 0.119. The normalized spacial score (nSPS) is 18.7. The second-order valence-electron chi connectivity index (χ2n) is 16.2. The first-order chi connectivity index (χ1) is 24.2. The van der Waals surface area contributed by atoms with Crippen molar-refractivity contribution in [2.75, 3.05) is 25.4 Å². The quantitative estimate of drug-likeness (QED) is 0.0903. The molecule has 284 valence electrons. The van der Waals surface area contributed by atoms with Crippen LogP contribution in [0.3, 0.4) is 0 Å². The number of carbonyl (C=O) groups is 3. The van der Waals surface area contributed by atoms with Crippen molar-refractivity contribution in [2.45, 2.75) is 135 Å². The first-order valence-electron chi connectivity index (χ1n) is 18.9. The van der Waals surface area contributed by atoms with Gasteiger partial charge in [-0.25, -0.2) is 0 Å². The Hall–Kier alpha value is -2.92. The van der Waals surface area contributed by atoms with Gasteiger partial charge in [-0.05, 0) is 75.6 Å². The van der Waals surface area contributed by atoms with E-state index in [1.807, 2.05) is 90.1 Å². The van der Waals surface area contributed by atoms with Crippen molar-refractivity contribution >= 4 is 29.5 Å². The van der Waals surface area contributed by atoms with Crippen molar-refractivity contribution in [1.82, 2.24) is 26.2 Å². The molecule has 2 aromatic carbocycles. The summed E-state index contributed by atoms with van der Waals surface area (Å²) in [6.07, 6.45) is 5.97. The molecule has 5 N–H and O–H groups in total. The number of hydrogen-bond acceptors (Lipinski definition) is 7. The van der Waals surface area contributed by atoms with Crippen LogP contribution in [-0.2, 0) is 20.9 Å². The Kier molecular flexibility index (Phi) is 17.5.